The van der Waals surface area contributed by atoms with Crippen molar-refractivity contribution in [2.75, 3.05) is 18.4 Å². The molecule has 9 heteroatoms. The van der Waals surface area contributed by atoms with E-state index in [2.05, 4.69) is 10.3 Å². The van der Waals surface area contributed by atoms with Crippen molar-refractivity contribution in [3.8, 4) is 0 Å². The first-order valence-electron chi connectivity index (χ1n) is 8.87. The molecule has 0 saturated heterocycles. The molecule has 2 amide bonds. The van der Waals surface area contributed by atoms with Gasteiger partial charge in [-0.25, -0.2) is 9.18 Å². The van der Waals surface area contributed by atoms with Gasteiger partial charge in [0.25, 0.3) is 0 Å². The number of rotatable bonds is 3. The quantitative estimate of drug-likeness (QED) is 0.741. The summed E-state index contributed by atoms with van der Waals surface area (Å²) in [5.41, 5.74) is 1.97. The van der Waals surface area contributed by atoms with Gasteiger partial charge in [0.1, 0.15) is 5.82 Å². The zero-order chi connectivity index (χ0) is 21.2. The molecule has 0 saturated carbocycles. The fourth-order valence-electron chi connectivity index (χ4n) is 3.15. The van der Waals surface area contributed by atoms with Crippen molar-refractivity contribution in [3.63, 3.8) is 0 Å². The molecule has 0 radical (unpaired) electrons. The molecule has 1 aliphatic heterocycles. The van der Waals surface area contributed by atoms with E-state index in [1.54, 1.807) is 6.20 Å². The molecule has 2 N–H and O–H groups in total. The van der Waals surface area contributed by atoms with Crippen LogP contribution in [0.3, 0.4) is 0 Å². The van der Waals surface area contributed by atoms with Crippen LogP contribution in [0.25, 0.3) is 5.57 Å². The molecule has 1 aromatic heterocycles. The van der Waals surface area contributed by atoms with Gasteiger partial charge in [-0.05, 0) is 48.2 Å². The largest absolute Gasteiger partial charge is 0.419 e. The number of carbonyl (C=O) groups is 1. The van der Waals surface area contributed by atoms with Crippen molar-refractivity contribution in [2.24, 2.45) is 0 Å². The molecule has 1 aromatic carbocycles. The van der Waals surface area contributed by atoms with Crippen LogP contribution in [0.5, 0.6) is 0 Å². The number of aryl methyl sites for hydroxylation is 1. The van der Waals surface area contributed by atoms with Crippen LogP contribution in [0.2, 0.25) is 0 Å². The Morgan fingerprint density at radius 3 is 2.62 bits per heavy atom. The van der Waals surface area contributed by atoms with Crippen LogP contribution in [0.4, 0.5) is 28.0 Å². The third-order valence-electron chi connectivity index (χ3n) is 4.64. The Balaban J connectivity index is 1.66. The maximum absolute atomic E-state index is 13.7. The molecule has 0 fully saturated rings. The lowest BCUT2D eigenvalue weighted by atomic mass is 10.00. The first-order chi connectivity index (χ1) is 13.7. The second kappa shape index (κ2) is 8.20. The summed E-state index contributed by atoms with van der Waals surface area (Å²) in [4.78, 5) is 18.2. The average Bonchev–Trinajstić information content (AvgIpc) is 2.67. The minimum Gasteiger partial charge on any atom is -0.392 e. The molecule has 2 aromatic rings. The summed E-state index contributed by atoms with van der Waals surface area (Å²) >= 11 is 0. The van der Waals surface area contributed by atoms with Gasteiger partial charge in [0.2, 0.25) is 0 Å². The molecule has 0 bridgehead atoms. The monoisotopic (exact) mass is 409 g/mol. The number of anilines is 1. The summed E-state index contributed by atoms with van der Waals surface area (Å²) in [6.07, 6.45) is -0.797. The summed E-state index contributed by atoms with van der Waals surface area (Å²) in [5.74, 6) is -1.44. The van der Waals surface area contributed by atoms with Crippen molar-refractivity contribution in [2.45, 2.75) is 26.1 Å². The van der Waals surface area contributed by atoms with E-state index in [1.807, 2.05) is 19.1 Å². The molecule has 0 unspecified atom stereocenters. The highest BCUT2D eigenvalue weighted by Gasteiger charge is 2.34. The normalized spacial score (nSPS) is 14.6. The highest BCUT2D eigenvalue weighted by atomic mass is 19.4. The van der Waals surface area contributed by atoms with Crippen LogP contribution in [0.15, 0.2) is 36.5 Å². The second-order valence-electron chi connectivity index (χ2n) is 6.72. The van der Waals surface area contributed by atoms with Crippen LogP contribution in [0, 0.1) is 12.7 Å². The second-order valence-corrected chi connectivity index (χ2v) is 6.72. The lowest BCUT2D eigenvalue weighted by molar-refractivity contribution is -0.139. The van der Waals surface area contributed by atoms with Gasteiger partial charge in [0, 0.05) is 25.0 Å². The topological polar surface area (TPSA) is 65.5 Å². The smallest absolute Gasteiger partial charge is 0.392 e. The van der Waals surface area contributed by atoms with E-state index >= 15 is 0 Å². The van der Waals surface area contributed by atoms with Gasteiger partial charge >= 0.3 is 12.2 Å². The van der Waals surface area contributed by atoms with Crippen LogP contribution in [-0.4, -0.2) is 34.1 Å². The summed E-state index contributed by atoms with van der Waals surface area (Å²) in [7, 11) is 0. The van der Waals surface area contributed by atoms with E-state index < -0.39 is 23.6 Å². The molecular weight excluding hydrogens is 390 g/mol. The lowest BCUT2D eigenvalue weighted by Gasteiger charge is -2.27. The van der Waals surface area contributed by atoms with E-state index in [1.165, 1.54) is 4.90 Å². The highest BCUT2D eigenvalue weighted by Crippen LogP contribution is 2.32. The number of hydrogen-bond acceptors (Lipinski definition) is 3. The standard InChI is InChI=1S/C20H19F4N3O2/c1-12-8-13(11-28)10-25-18(12)14-4-6-27(7-5-14)19(29)26-15-2-3-16(17(21)9-15)20(22,23)24/h2-4,8-10,28H,5-7,11H2,1H3,(H,26,29). The van der Waals surface area contributed by atoms with Crippen LogP contribution < -0.4 is 5.32 Å². The van der Waals surface area contributed by atoms with E-state index in [0.29, 0.717) is 30.7 Å². The van der Waals surface area contributed by atoms with Gasteiger partial charge < -0.3 is 15.3 Å². The Labute approximate surface area is 164 Å². The van der Waals surface area contributed by atoms with Gasteiger partial charge in [0.05, 0.1) is 17.9 Å². The fourth-order valence-corrected chi connectivity index (χ4v) is 3.15. The van der Waals surface area contributed by atoms with Gasteiger partial charge in [-0.15, -0.1) is 0 Å². The SMILES string of the molecule is Cc1cc(CO)cnc1C1=CCN(C(=O)Nc2ccc(C(F)(F)F)c(F)c2)CC1. The third kappa shape index (κ3) is 4.73. The Morgan fingerprint density at radius 2 is 2.07 bits per heavy atom. The van der Waals surface area contributed by atoms with Gasteiger partial charge in [-0.1, -0.05) is 12.1 Å². The Hall–Kier alpha value is -2.94. The molecule has 5 nitrogen and oxygen atoms in total. The predicted molar refractivity (Wildman–Crippen MR) is 99.5 cm³/mol. The molecule has 0 atom stereocenters. The molecular formula is C20H19F4N3O2. The number of aliphatic hydroxyl groups excluding tert-OH is 1. The average molecular weight is 409 g/mol. The van der Waals surface area contributed by atoms with E-state index in [-0.39, 0.29) is 18.8 Å². The Bertz CT molecular complexity index is 957. The number of urea groups is 1. The van der Waals surface area contributed by atoms with Crippen molar-refractivity contribution >= 4 is 17.3 Å². The van der Waals surface area contributed by atoms with Crippen molar-refractivity contribution < 1.29 is 27.5 Å². The summed E-state index contributed by atoms with van der Waals surface area (Å²) < 4.78 is 51.5. The van der Waals surface area contributed by atoms with Crippen LogP contribution in [0.1, 0.15) is 28.8 Å². The molecule has 1 aliphatic rings. The highest BCUT2D eigenvalue weighted by molar-refractivity contribution is 5.90. The number of hydrogen-bond donors (Lipinski definition) is 2. The fraction of sp³-hybridized carbons (Fsp3) is 0.300. The third-order valence-corrected chi connectivity index (χ3v) is 4.64. The molecule has 3 rings (SSSR count). The molecule has 0 aliphatic carbocycles. The Morgan fingerprint density at radius 1 is 1.31 bits per heavy atom. The summed E-state index contributed by atoms with van der Waals surface area (Å²) in [5, 5.41) is 11.6. The van der Waals surface area contributed by atoms with E-state index in [4.69, 9.17) is 5.11 Å². The predicted octanol–water partition coefficient (Wildman–Crippen LogP) is 4.36. The number of pyridine rings is 1. The number of alkyl halides is 3. The number of aromatic nitrogens is 1. The zero-order valence-corrected chi connectivity index (χ0v) is 15.6. The number of halogens is 4. The lowest BCUT2D eigenvalue weighted by Crippen LogP contribution is -2.38. The number of amides is 2. The number of benzene rings is 1. The van der Waals surface area contributed by atoms with Crippen molar-refractivity contribution in [1.82, 2.24) is 9.88 Å². The summed E-state index contributed by atoms with van der Waals surface area (Å²) in [6, 6.07) is 3.60. The minimum absolute atomic E-state index is 0.0487. The molecule has 2 heterocycles. The maximum Gasteiger partial charge on any atom is 0.419 e. The summed E-state index contributed by atoms with van der Waals surface area (Å²) in [6.45, 7) is 2.46. The molecule has 29 heavy (non-hydrogen) atoms. The van der Waals surface area contributed by atoms with Gasteiger partial charge in [-0.3, -0.25) is 4.98 Å². The number of aliphatic hydroxyl groups is 1. The Kier molecular flexibility index (Phi) is 5.88. The first kappa shape index (κ1) is 20.8. The number of nitrogens with one attached hydrogen (secondary N) is 1. The van der Waals surface area contributed by atoms with E-state index in [9.17, 15) is 22.4 Å². The first-order valence-corrected chi connectivity index (χ1v) is 8.87. The van der Waals surface area contributed by atoms with Crippen LogP contribution in [-0.2, 0) is 12.8 Å². The zero-order valence-electron chi connectivity index (χ0n) is 15.6. The van der Waals surface area contributed by atoms with Gasteiger partial charge in [-0.2, -0.15) is 13.2 Å². The minimum atomic E-state index is -4.79. The molecule has 154 valence electrons. The van der Waals surface area contributed by atoms with E-state index in [0.717, 1.165) is 22.9 Å². The molecule has 0 spiro atoms. The van der Waals surface area contributed by atoms with Gasteiger partial charge in [0.15, 0.2) is 0 Å². The van der Waals surface area contributed by atoms with Crippen molar-refractivity contribution in [1.29, 1.82) is 0 Å². The number of nitrogens with zero attached hydrogens (tertiary/aromatic N) is 2. The van der Waals surface area contributed by atoms with Crippen LogP contribution >= 0.6 is 0 Å². The number of carbonyl (C=O) groups excluding carboxylic acids is 1. The van der Waals surface area contributed by atoms with Crippen molar-refractivity contribution in [3.05, 3.63) is 64.7 Å². The maximum atomic E-state index is 13.7.